The molecule has 24 heavy (non-hydrogen) atoms. The zero-order chi connectivity index (χ0) is 16.7. The molecule has 2 aromatic carbocycles. The fraction of sp³-hybridized carbons (Fsp3) is 0.143. The van der Waals surface area contributed by atoms with Crippen LogP contribution in [0.3, 0.4) is 0 Å². The summed E-state index contributed by atoms with van der Waals surface area (Å²) in [6.07, 6.45) is 0.879. The Morgan fingerprint density at radius 3 is 2.46 bits per heavy atom. The van der Waals surface area contributed by atoms with Gasteiger partial charge in [0.1, 0.15) is 0 Å². The molecule has 2 N–H and O–H groups in total. The van der Waals surface area contributed by atoms with Gasteiger partial charge >= 0.3 is 0 Å². The van der Waals surface area contributed by atoms with Crippen molar-refractivity contribution in [3.63, 3.8) is 0 Å². The molecule has 4 aromatic rings. The molecule has 0 atom stereocenters. The lowest BCUT2D eigenvalue weighted by molar-refractivity contribution is 0.465. The summed E-state index contributed by atoms with van der Waals surface area (Å²) in [5.41, 5.74) is 5.96. The van der Waals surface area contributed by atoms with E-state index in [1.165, 1.54) is 5.56 Å². The number of H-pyrrole nitrogens is 1. The molecule has 0 amide bonds. The fourth-order valence-electron chi connectivity index (χ4n) is 2.97. The van der Waals surface area contributed by atoms with Crippen molar-refractivity contribution >= 4 is 11.0 Å². The van der Waals surface area contributed by atoms with Gasteiger partial charge in [0.05, 0.1) is 5.69 Å². The van der Waals surface area contributed by atoms with Crippen molar-refractivity contribution in [3.05, 3.63) is 65.7 Å². The number of phenolic OH excluding ortho intramolecular Hbond substituents is 1. The van der Waals surface area contributed by atoms with Crippen LogP contribution < -0.4 is 0 Å². The Balaban J connectivity index is 1.75. The molecule has 4 rings (SSSR count). The zero-order valence-electron chi connectivity index (χ0n) is 13.8. The minimum Gasteiger partial charge on any atom is -0.504 e. The van der Waals surface area contributed by atoms with E-state index >= 15 is 0 Å². The lowest BCUT2D eigenvalue weighted by Crippen LogP contribution is -1.79. The standard InChI is InChI=1S/C21H19NO2/c1-3-14-10-16-12-20(24-21(16)19(23)11-14)18-9-8-17(22-18)15-6-4-13(2)5-7-15/h4-12,22-23H,3H2,1-2H3. The molecule has 0 aliphatic heterocycles. The number of furan rings is 1. The van der Waals surface area contributed by atoms with E-state index < -0.39 is 0 Å². The van der Waals surface area contributed by atoms with Crippen LogP contribution in [0, 0.1) is 6.92 Å². The molecule has 0 radical (unpaired) electrons. The van der Waals surface area contributed by atoms with Crippen molar-refractivity contribution in [2.24, 2.45) is 0 Å². The van der Waals surface area contributed by atoms with E-state index in [9.17, 15) is 5.11 Å². The third-order valence-electron chi connectivity index (χ3n) is 4.38. The normalized spacial score (nSPS) is 11.2. The highest BCUT2D eigenvalue weighted by molar-refractivity contribution is 5.87. The number of aromatic nitrogens is 1. The van der Waals surface area contributed by atoms with Gasteiger partial charge in [-0.3, -0.25) is 0 Å². The molecule has 0 saturated heterocycles. The maximum atomic E-state index is 10.1. The average molecular weight is 317 g/mol. The quantitative estimate of drug-likeness (QED) is 0.511. The number of benzene rings is 2. The van der Waals surface area contributed by atoms with Crippen molar-refractivity contribution in [1.82, 2.24) is 4.98 Å². The monoisotopic (exact) mass is 317 g/mol. The summed E-state index contributed by atoms with van der Waals surface area (Å²) in [4.78, 5) is 3.40. The number of aromatic hydroxyl groups is 1. The van der Waals surface area contributed by atoms with Crippen LogP contribution in [0.2, 0.25) is 0 Å². The lowest BCUT2D eigenvalue weighted by atomic mass is 10.1. The SMILES string of the molecule is CCc1cc(O)c2oc(-c3ccc(-c4ccc(C)cc4)[nH]3)cc2c1. The summed E-state index contributed by atoms with van der Waals surface area (Å²) < 4.78 is 5.87. The van der Waals surface area contributed by atoms with Crippen LogP contribution in [-0.4, -0.2) is 10.1 Å². The second kappa shape index (κ2) is 5.60. The lowest BCUT2D eigenvalue weighted by Gasteiger charge is -1.99. The summed E-state index contributed by atoms with van der Waals surface area (Å²) in [5.74, 6) is 0.924. The molecule has 3 nitrogen and oxygen atoms in total. The average Bonchev–Trinajstić information content (AvgIpc) is 3.22. The zero-order valence-corrected chi connectivity index (χ0v) is 13.8. The van der Waals surface area contributed by atoms with Crippen LogP contribution in [0.25, 0.3) is 33.7 Å². The van der Waals surface area contributed by atoms with E-state index in [0.717, 1.165) is 40.1 Å². The molecular formula is C21H19NO2. The Hall–Kier alpha value is -2.94. The Labute approximate surface area is 140 Å². The Morgan fingerprint density at radius 2 is 1.71 bits per heavy atom. The highest BCUT2D eigenvalue weighted by Crippen LogP contribution is 2.34. The molecule has 0 aliphatic rings. The van der Waals surface area contributed by atoms with Crippen molar-refractivity contribution in [1.29, 1.82) is 0 Å². The number of fused-ring (bicyclic) bond motifs is 1. The largest absolute Gasteiger partial charge is 0.504 e. The first-order valence-electron chi connectivity index (χ1n) is 8.16. The predicted octanol–water partition coefficient (Wildman–Crippen LogP) is 5.67. The van der Waals surface area contributed by atoms with E-state index in [1.54, 1.807) is 6.07 Å². The third-order valence-corrected chi connectivity index (χ3v) is 4.38. The molecule has 3 heteroatoms. The van der Waals surface area contributed by atoms with Gasteiger partial charge in [0.2, 0.25) is 0 Å². The van der Waals surface area contributed by atoms with Crippen LogP contribution >= 0.6 is 0 Å². The molecule has 0 unspecified atom stereocenters. The Kier molecular flexibility index (Phi) is 3.42. The van der Waals surface area contributed by atoms with Crippen LogP contribution in [0.4, 0.5) is 0 Å². The number of aryl methyl sites for hydroxylation is 2. The molecular weight excluding hydrogens is 298 g/mol. The van der Waals surface area contributed by atoms with Gasteiger partial charge in [0.15, 0.2) is 17.1 Å². The number of aromatic amines is 1. The summed E-state index contributed by atoms with van der Waals surface area (Å²) in [6, 6.07) is 18.2. The number of hydrogen-bond donors (Lipinski definition) is 2. The van der Waals surface area contributed by atoms with Gasteiger partial charge in [0.25, 0.3) is 0 Å². The van der Waals surface area contributed by atoms with Crippen LogP contribution in [0.5, 0.6) is 5.75 Å². The van der Waals surface area contributed by atoms with Crippen LogP contribution in [-0.2, 0) is 6.42 Å². The van der Waals surface area contributed by atoms with E-state index in [4.69, 9.17) is 4.42 Å². The minimum atomic E-state index is 0.195. The smallest absolute Gasteiger partial charge is 0.176 e. The van der Waals surface area contributed by atoms with E-state index in [0.29, 0.717) is 5.58 Å². The van der Waals surface area contributed by atoms with Crippen molar-refractivity contribution in [2.45, 2.75) is 20.3 Å². The van der Waals surface area contributed by atoms with Gasteiger partial charge in [-0.2, -0.15) is 0 Å². The summed E-state index contributed by atoms with van der Waals surface area (Å²) >= 11 is 0. The van der Waals surface area contributed by atoms with Crippen molar-refractivity contribution in [2.75, 3.05) is 0 Å². The van der Waals surface area contributed by atoms with E-state index in [2.05, 4.69) is 49.2 Å². The van der Waals surface area contributed by atoms with Crippen LogP contribution in [0.1, 0.15) is 18.1 Å². The minimum absolute atomic E-state index is 0.195. The summed E-state index contributed by atoms with van der Waals surface area (Å²) in [7, 11) is 0. The molecule has 2 aromatic heterocycles. The Morgan fingerprint density at radius 1 is 0.958 bits per heavy atom. The first-order valence-corrected chi connectivity index (χ1v) is 8.16. The van der Waals surface area contributed by atoms with Gasteiger partial charge in [-0.25, -0.2) is 0 Å². The summed E-state index contributed by atoms with van der Waals surface area (Å²) in [6.45, 7) is 4.15. The number of hydrogen-bond acceptors (Lipinski definition) is 2. The molecule has 0 bridgehead atoms. The van der Waals surface area contributed by atoms with Gasteiger partial charge in [-0.15, -0.1) is 0 Å². The van der Waals surface area contributed by atoms with Gasteiger partial charge in [-0.1, -0.05) is 36.8 Å². The Bertz CT molecular complexity index is 1010. The van der Waals surface area contributed by atoms with Gasteiger partial charge < -0.3 is 14.5 Å². The van der Waals surface area contributed by atoms with Crippen molar-refractivity contribution in [3.8, 4) is 28.5 Å². The number of nitrogens with one attached hydrogen (secondary N) is 1. The van der Waals surface area contributed by atoms with Crippen molar-refractivity contribution < 1.29 is 9.52 Å². The molecule has 0 spiro atoms. The first-order chi connectivity index (χ1) is 11.6. The molecule has 0 saturated carbocycles. The first kappa shape index (κ1) is 14.6. The second-order valence-corrected chi connectivity index (χ2v) is 6.15. The molecule has 0 fully saturated rings. The predicted molar refractivity (Wildman–Crippen MR) is 97.2 cm³/mol. The maximum absolute atomic E-state index is 10.1. The highest BCUT2D eigenvalue weighted by atomic mass is 16.4. The second-order valence-electron chi connectivity index (χ2n) is 6.15. The van der Waals surface area contributed by atoms with Crippen LogP contribution in [0.15, 0.2) is 59.0 Å². The van der Waals surface area contributed by atoms with Gasteiger partial charge in [0, 0.05) is 11.1 Å². The molecule has 120 valence electrons. The van der Waals surface area contributed by atoms with Gasteiger partial charge in [-0.05, 0) is 54.8 Å². The fourth-order valence-corrected chi connectivity index (χ4v) is 2.97. The summed E-state index contributed by atoms with van der Waals surface area (Å²) in [5, 5.41) is 11.1. The topological polar surface area (TPSA) is 49.2 Å². The molecule has 2 heterocycles. The number of phenols is 1. The highest BCUT2D eigenvalue weighted by Gasteiger charge is 2.12. The third kappa shape index (κ3) is 2.48. The maximum Gasteiger partial charge on any atom is 0.176 e. The van der Waals surface area contributed by atoms with E-state index in [1.807, 2.05) is 18.2 Å². The molecule has 0 aliphatic carbocycles. The van der Waals surface area contributed by atoms with E-state index in [-0.39, 0.29) is 5.75 Å². The number of rotatable bonds is 3.